The normalized spacial score (nSPS) is 25.3. The van der Waals surface area contributed by atoms with E-state index in [4.69, 9.17) is 17.3 Å². The van der Waals surface area contributed by atoms with Crippen molar-refractivity contribution in [2.75, 3.05) is 22.6 Å². The van der Waals surface area contributed by atoms with E-state index in [0.717, 1.165) is 24.3 Å². The molecule has 2 heterocycles. The molecule has 0 aromatic carbocycles. The van der Waals surface area contributed by atoms with Gasteiger partial charge in [0.25, 0.3) is 0 Å². The molecule has 0 atom stereocenters. The quantitative estimate of drug-likeness (QED) is 0.830. The van der Waals surface area contributed by atoms with E-state index in [1.807, 2.05) is 0 Å². The van der Waals surface area contributed by atoms with Crippen LogP contribution >= 0.6 is 11.6 Å². The van der Waals surface area contributed by atoms with Gasteiger partial charge >= 0.3 is 0 Å². The van der Waals surface area contributed by atoms with Crippen molar-refractivity contribution in [1.82, 2.24) is 9.97 Å². The Hall–Kier alpha value is -0.880. The first-order valence-electron chi connectivity index (χ1n) is 5.04. The van der Waals surface area contributed by atoms with Crippen molar-refractivity contribution >= 4 is 34.2 Å². The molecule has 1 aliphatic heterocycles. The van der Waals surface area contributed by atoms with Crippen molar-refractivity contribution in [3.63, 3.8) is 0 Å². The summed E-state index contributed by atoms with van der Waals surface area (Å²) in [5.74, 6) is 2.23. The van der Waals surface area contributed by atoms with E-state index in [0.29, 0.717) is 10.8 Å². The lowest BCUT2D eigenvalue weighted by Crippen LogP contribution is -2.29. The zero-order chi connectivity index (χ0) is 11.5. The van der Waals surface area contributed by atoms with Gasteiger partial charge in [-0.05, 0) is 12.8 Å². The molecule has 16 heavy (non-hydrogen) atoms. The molecule has 0 unspecified atom stereocenters. The van der Waals surface area contributed by atoms with Gasteiger partial charge in [0.2, 0.25) is 5.95 Å². The molecule has 1 aromatic rings. The fourth-order valence-electron chi connectivity index (χ4n) is 1.61. The van der Waals surface area contributed by atoms with E-state index in [1.165, 1.54) is 6.20 Å². The lowest BCUT2D eigenvalue weighted by Gasteiger charge is -2.23. The Morgan fingerprint density at radius 1 is 1.50 bits per heavy atom. The second-order valence-electron chi connectivity index (χ2n) is 3.69. The van der Waals surface area contributed by atoms with Crippen LogP contribution < -0.4 is 11.1 Å². The number of nitrogens with one attached hydrogen (secondary N) is 1. The average Bonchev–Trinajstić information content (AvgIpc) is 2.27. The van der Waals surface area contributed by atoms with Crippen molar-refractivity contribution in [1.29, 1.82) is 0 Å². The molecule has 1 aromatic heterocycles. The fraction of sp³-hybridized carbons (Fsp3) is 0.556. The van der Waals surface area contributed by atoms with E-state index < -0.39 is 10.8 Å². The van der Waals surface area contributed by atoms with Crippen LogP contribution in [-0.4, -0.2) is 31.7 Å². The number of aromatic nitrogens is 2. The number of halogens is 1. The van der Waals surface area contributed by atoms with Crippen LogP contribution in [0.25, 0.3) is 0 Å². The molecule has 0 saturated carbocycles. The van der Waals surface area contributed by atoms with E-state index in [2.05, 4.69) is 15.3 Å². The maximum Gasteiger partial charge on any atom is 0.222 e. The Morgan fingerprint density at radius 3 is 2.88 bits per heavy atom. The molecule has 0 amide bonds. The van der Waals surface area contributed by atoms with Gasteiger partial charge in [-0.1, -0.05) is 11.6 Å². The standard InChI is InChI=1S/C9H13ClN4OS/c10-7-5-12-9(11)14-8(7)13-6-1-3-16(15)4-2-6/h5-6H,1-4H2,(H3,11,12,13,14). The van der Waals surface area contributed by atoms with Crippen LogP contribution in [0.4, 0.5) is 11.8 Å². The smallest absolute Gasteiger partial charge is 0.222 e. The van der Waals surface area contributed by atoms with Crippen molar-refractivity contribution in [3.8, 4) is 0 Å². The highest BCUT2D eigenvalue weighted by molar-refractivity contribution is 7.85. The van der Waals surface area contributed by atoms with E-state index in [1.54, 1.807) is 0 Å². The van der Waals surface area contributed by atoms with Crippen molar-refractivity contribution in [3.05, 3.63) is 11.2 Å². The third-order valence-corrected chi connectivity index (χ3v) is 4.15. The molecular weight excluding hydrogens is 248 g/mol. The predicted molar refractivity (Wildman–Crippen MR) is 66.0 cm³/mol. The highest BCUT2D eigenvalue weighted by atomic mass is 35.5. The molecule has 5 nitrogen and oxygen atoms in total. The molecule has 0 aliphatic carbocycles. The summed E-state index contributed by atoms with van der Waals surface area (Å²) in [4.78, 5) is 7.82. The predicted octanol–water partition coefficient (Wildman–Crippen LogP) is 1.04. The number of nitrogens with two attached hydrogens (primary N) is 1. The third-order valence-electron chi connectivity index (χ3n) is 2.49. The highest BCUT2D eigenvalue weighted by Crippen LogP contribution is 2.22. The van der Waals surface area contributed by atoms with Crippen LogP contribution in [0.15, 0.2) is 6.20 Å². The first-order chi connectivity index (χ1) is 7.65. The fourth-order valence-corrected chi connectivity index (χ4v) is 3.06. The van der Waals surface area contributed by atoms with Crippen LogP contribution in [0.3, 0.4) is 0 Å². The Bertz CT molecular complexity index is 404. The first kappa shape index (κ1) is 11.6. The Balaban J connectivity index is 2.03. The summed E-state index contributed by atoms with van der Waals surface area (Å²) < 4.78 is 11.2. The summed E-state index contributed by atoms with van der Waals surface area (Å²) in [5, 5.41) is 3.67. The van der Waals surface area contributed by atoms with Crippen LogP contribution in [0.2, 0.25) is 5.02 Å². The summed E-state index contributed by atoms with van der Waals surface area (Å²) in [5.41, 5.74) is 5.49. The van der Waals surface area contributed by atoms with E-state index in [9.17, 15) is 4.21 Å². The SMILES string of the molecule is Nc1ncc(Cl)c(NC2CCS(=O)CC2)n1. The zero-order valence-electron chi connectivity index (χ0n) is 8.65. The van der Waals surface area contributed by atoms with Crippen LogP contribution in [0, 0.1) is 0 Å². The van der Waals surface area contributed by atoms with Crippen LogP contribution in [0.1, 0.15) is 12.8 Å². The third kappa shape index (κ3) is 2.82. The zero-order valence-corrected chi connectivity index (χ0v) is 10.2. The van der Waals surface area contributed by atoms with Crippen molar-refractivity contribution < 1.29 is 4.21 Å². The lowest BCUT2D eigenvalue weighted by atomic mass is 10.1. The Labute approximate surface area is 101 Å². The monoisotopic (exact) mass is 260 g/mol. The molecular formula is C9H13ClN4OS. The molecule has 3 N–H and O–H groups in total. The van der Waals surface area contributed by atoms with Gasteiger partial charge < -0.3 is 11.1 Å². The summed E-state index contributed by atoms with van der Waals surface area (Å²) >= 11 is 5.94. The Kier molecular flexibility index (Phi) is 3.60. The summed E-state index contributed by atoms with van der Waals surface area (Å²) in [6, 6.07) is 0.268. The van der Waals surface area contributed by atoms with E-state index >= 15 is 0 Å². The van der Waals surface area contributed by atoms with Gasteiger partial charge in [0.05, 0.1) is 6.20 Å². The van der Waals surface area contributed by atoms with Gasteiger partial charge in [-0.2, -0.15) is 4.98 Å². The minimum absolute atomic E-state index is 0.200. The maximum atomic E-state index is 11.2. The number of nitrogens with zero attached hydrogens (tertiary/aromatic N) is 2. The summed E-state index contributed by atoms with van der Waals surface area (Å²) in [6.45, 7) is 0. The number of rotatable bonds is 2. The molecule has 0 spiro atoms. The number of hydrogen-bond donors (Lipinski definition) is 2. The first-order valence-corrected chi connectivity index (χ1v) is 6.91. The molecule has 7 heteroatoms. The Morgan fingerprint density at radius 2 is 2.19 bits per heavy atom. The molecule has 0 bridgehead atoms. The molecule has 1 fully saturated rings. The largest absolute Gasteiger partial charge is 0.368 e. The summed E-state index contributed by atoms with van der Waals surface area (Å²) in [7, 11) is -0.659. The summed E-state index contributed by atoms with van der Waals surface area (Å²) in [6.07, 6.45) is 3.22. The molecule has 88 valence electrons. The van der Waals surface area contributed by atoms with Crippen LogP contribution in [0.5, 0.6) is 0 Å². The van der Waals surface area contributed by atoms with Gasteiger partial charge in [0, 0.05) is 28.3 Å². The van der Waals surface area contributed by atoms with E-state index in [-0.39, 0.29) is 12.0 Å². The molecule has 1 saturated heterocycles. The molecule has 2 rings (SSSR count). The number of anilines is 2. The van der Waals surface area contributed by atoms with Crippen LogP contribution in [-0.2, 0) is 10.8 Å². The second kappa shape index (κ2) is 4.97. The lowest BCUT2D eigenvalue weighted by molar-refractivity contribution is 0.622. The highest BCUT2D eigenvalue weighted by Gasteiger charge is 2.18. The van der Waals surface area contributed by atoms with Gasteiger partial charge in [-0.25, -0.2) is 4.98 Å². The number of nitrogen functional groups attached to an aromatic ring is 1. The molecule has 0 radical (unpaired) electrons. The van der Waals surface area contributed by atoms with Gasteiger partial charge in [-0.3, -0.25) is 4.21 Å². The number of hydrogen-bond acceptors (Lipinski definition) is 5. The second-order valence-corrected chi connectivity index (χ2v) is 5.79. The van der Waals surface area contributed by atoms with Gasteiger partial charge in [-0.15, -0.1) is 0 Å². The molecule has 1 aliphatic rings. The van der Waals surface area contributed by atoms with Crippen molar-refractivity contribution in [2.45, 2.75) is 18.9 Å². The van der Waals surface area contributed by atoms with Crippen molar-refractivity contribution in [2.24, 2.45) is 0 Å². The minimum atomic E-state index is -0.659. The van der Waals surface area contributed by atoms with Gasteiger partial charge in [0.1, 0.15) is 5.02 Å². The topological polar surface area (TPSA) is 80.9 Å². The van der Waals surface area contributed by atoms with Gasteiger partial charge in [0.15, 0.2) is 5.82 Å². The minimum Gasteiger partial charge on any atom is -0.368 e. The average molecular weight is 261 g/mol. The maximum absolute atomic E-state index is 11.2.